The Hall–Kier alpha value is -1.16. The van der Waals surface area contributed by atoms with Crippen LogP contribution in [0.3, 0.4) is 0 Å². The molecule has 0 N–H and O–H groups in total. The molecule has 0 bridgehead atoms. The van der Waals surface area contributed by atoms with Crippen LogP contribution in [0.1, 0.15) is 38.7 Å². The summed E-state index contributed by atoms with van der Waals surface area (Å²) in [6.45, 7) is 5.90. The highest BCUT2D eigenvalue weighted by atomic mass is 79.9. The fraction of sp³-hybridized carbons (Fsp3) is 0.467. The summed E-state index contributed by atoms with van der Waals surface area (Å²) in [6, 6.07) is 5.57. The zero-order valence-electron chi connectivity index (χ0n) is 11.5. The van der Waals surface area contributed by atoms with Gasteiger partial charge in [-0.15, -0.1) is 0 Å². The Balaban J connectivity index is 2.43. The first-order valence-corrected chi connectivity index (χ1v) is 7.38. The van der Waals surface area contributed by atoms with Gasteiger partial charge in [-0.2, -0.15) is 0 Å². The van der Waals surface area contributed by atoms with Crippen LogP contribution >= 0.6 is 15.9 Å². The van der Waals surface area contributed by atoms with Crippen LogP contribution in [0.5, 0.6) is 0 Å². The minimum Gasteiger partial charge on any atom is -0.274 e. The van der Waals surface area contributed by atoms with Gasteiger partial charge in [-0.05, 0) is 43.5 Å². The molecule has 0 atom stereocenters. The van der Waals surface area contributed by atoms with Crippen molar-refractivity contribution < 1.29 is 9.59 Å². The first-order chi connectivity index (χ1) is 8.95. The van der Waals surface area contributed by atoms with Gasteiger partial charge < -0.3 is 0 Å². The molecule has 102 valence electrons. The SMILES string of the molecule is CCC1(CC)CC(=O)N(c2ccc(Br)c(C)c2)C1=O. The molecule has 3 nitrogen and oxygen atoms in total. The number of benzene rings is 1. The predicted molar refractivity (Wildman–Crippen MR) is 79.0 cm³/mol. The standard InChI is InChI=1S/C15H18BrNO2/c1-4-15(5-2)9-13(18)17(14(15)19)11-6-7-12(16)10(3)8-11/h6-8H,4-5,9H2,1-3H3. The Labute approximate surface area is 122 Å². The number of anilines is 1. The summed E-state index contributed by atoms with van der Waals surface area (Å²) in [6.07, 6.45) is 1.74. The second-order valence-electron chi connectivity index (χ2n) is 5.13. The third-order valence-corrected chi connectivity index (χ3v) is 5.04. The average molecular weight is 324 g/mol. The van der Waals surface area contributed by atoms with E-state index in [1.165, 1.54) is 4.90 Å². The molecule has 2 amide bonds. The highest BCUT2D eigenvalue weighted by Crippen LogP contribution is 2.41. The normalized spacial score (nSPS) is 18.2. The Morgan fingerprint density at radius 2 is 1.89 bits per heavy atom. The summed E-state index contributed by atoms with van der Waals surface area (Å²) in [4.78, 5) is 26.2. The lowest BCUT2D eigenvalue weighted by Gasteiger charge is -2.23. The monoisotopic (exact) mass is 323 g/mol. The van der Waals surface area contributed by atoms with Crippen molar-refractivity contribution in [3.8, 4) is 0 Å². The van der Waals surface area contributed by atoms with Crippen LogP contribution in [0.4, 0.5) is 5.69 Å². The van der Waals surface area contributed by atoms with Crippen molar-refractivity contribution in [3.05, 3.63) is 28.2 Å². The average Bonchev–Trinajstić information content (AvgIpc) is 2.65. The molecule has 1 heterocycles. The molecule has 1 aliphatic heterocycles. The van der Waals surface area contributed by atoms with Gasteiger partial charge in [0.05, 0.1) is 11.1 Å². The van der Waals surface area contributed by atoms with E-state index in [2.05, 4.69) is 15.9 Å². The molecule has 0 aromatic heterocycles. The van der Waals surface area contributed by atoms with Crippen molar-refractivity contribution >= 4 is 33.4 Å². The number of halogens is 1. The maximum absolute atomic E-state index is 12.6. The van der Waals surface area contributed by atoms with Gasteiger partial charge in [-0.1, -0.05) is 29.8 Å². The third kappa shape index (κ3) is 2.22. The highest BCUT2D eigenvalue weighted by Gasteiger charge is 2.49. The topological polar surface area (TPSA) is 37.4 Å². The lowest BCUT2D eigenvalue weighted by molar-refractivity contribution is -0.126. The van der Waals surface area contributed by atoms with Crippen LogP contribution in [0, 0.1) is 12.3 Å². The second-order valence-corrected chi connectivity index (χ2v) is 5.99. The van der Waals surface area contributed by atoms with Gasteiger partial charge in [0, 0.05) is 10.9 Å². The fourth-order valence-electron chi connectivity index (χ4n) is 2.63. The Bertz CT molecular complexity index is 535. The van der Waals surface area contributed by atoms with Gasteiger partial charge in [-0.25, -0.2) is 0 Å². The van der Waals surface area contributed by atoms with Crippen LogP contribution in [-0.4, -0.2) is 11.8 Å². The van der Waals surface area contributed by atoms with Crippen molar-refractivity contribution in [2.75, 3.05) is 4.90 Å². The van der Waals surface area contributed by atoms with Crippen LogP contribution < -0.4 is 4.90 Å². The molecule has 2 rings (SSSR count). The number of hydrogen-bond acceptors (Lipinski definition) is 2. The van der Waals surface area contributed by atoms with E-state index < -0.39 is 5.41 Å². The number of rotatable bonds is 3. The predicted octanol–water partition coefficient (Wildman–Crippen LogP) is 3.83. The lowest BCUT2D eigenvalue weighted by Crippen LogP contribution is -2.35. The van der Waals surface area contributed by atoms with E-state index in [0.29, 0.717) is 24.9 Å². The number of aryl methyl sites for hydroxylation is 1. The van der Waals surface area contributed by atoms with Crippen molar-refractivity contribution in [1.29, 1.82) is 0 Å². The molecule has 1 aromatic rings. The number of amides is 2. The van der Waals surface area contributed by atoms with Crippen LogP contribution in [0.2, 0.25) is 0 Å². The number of carbonyl (C=O) groups is 2. The van der Waals surface area contributed by atoms with E-state index in [0.717, 1.165) is 10.0 Å². The van der Waals surface area contributed by atoms with Crippen molar-refractivity contribution in [2.45, 2.75) is 40.0 Å². The summed E-state index contributed by atoms with van der Waals surface area (Å²) in [5, 5.41) is 0. The van der Waals surface area contributed by atoms with E-state index in [1.54, 1.807) is 0 Å². The molecule has 0 unspecified atom stereocenters. The Morgan fingerprint density at radius 1 is 1.26 bits per heavy atom. The molecule has 0 radical (unpaired) electrons. The summed E-state index contributed by atoms with van der Waals surface area (Å²) in [5.74, 6) is -0.139. The number of imide groups is 1. The van der Waals surface area contributed by atoms with Gasteiger partial charge >= 0.3 is 0 Å². The molecule has 1 aromatic carbocycles. The largest absolute Gasteiger partial charge is 0.274 e. The molecule has 1 saturated heterocycles. The number of nitrogens with zero attached hydrogens (tertiary/aromatic N) is 1. The zero-order chi connectivity index (χ0) is 14.2. The third-order valence-electron chi connectivity index (χ3n) is 4.15. The second kappa shape index (κ2) is 5.08. The van der Waals surface area contributed by atoms with Crippen LogP contribution in [-0.2, 0) is 9.59 Å². The minimum absolute atomic E-state index is 0.0516. The van der Waals surface area contributed by atoms with Crippen molar-refractivity contribution in [2.24, 2.45) is 5.41 Å². The minimum atomic E-state index is -0.502. The van der Waals surface area contributed by atoms with Gasteiger partial charge in [0.15, 0.2) is 0 Å². The molecule has 0 spiro atoms. The van der Waals surface area contributed by atoms with Crippen LogP contribution in [0.15, 0.2) is 22.7 Å². The first kappa shape index (κ1) is 14.3. The van der Waals surface area contributed by atoms with Gasteiger partial charge in [0.25, 0.3) is 0 Å². The van der Waals surface area contributed by atoms with E-state index in [1.807, 2.05) is 39.0 Å². The molecule has 0 saturated carbocycles. The van der Waals surface area contributed by atoms with Gasteiger partial charge in [0.1, 0.15) is 0 Å². The molecular formula is C15H18BrNO2. The highest BCUT2D eigenvalue weighted by molar-refractivity contribution is 9.10. The molecule has 4 heteroatoms. The van der Waals surface area contributed by atoms with E-state index >= 15 is 0 Å². The smallest absolute Gasteiger partial charge is 0.240 e. The summed E-state index contributed by atoms with van der Waals surface area (Å²) in [5.41, 5.74) is 1.20. The van der Waals surface area contributed by atoms with E-state index in [-0.39, 0.29) is 11.8 Å². The van der Waals surface area contributed by atoms with Crippen molar-refractivity contribution in [3.63, 3.8) is 0 Å². The summed E-state index contributed by atoms with van der Waals surface area (Å²) in [7, 11) is 0. The Kier molecular flexibility index (Phi) is 3.81. The maximum Gasteiger partial charge on any atom is 0.240 e. The summed E-state index contributed by atoms with van der Waals surface area (Å²) >= 11 is 3.43. The van der Waals surface area contributed by atoms with E-state index in [4.69, 9.17) is 0 Å². The summed E-state index contributed by atoms with van der Waals surface area (Å²) < 4.78 is 0.979. The quantitative estimate of drug-likeness (QED) is 0.793. The first-order valence-electron chi connectivity index (χ1n) is 6.58. The number of hydrogen-bond donors (Lipinski definition) is 0. The Morgan fingerprint density at radius 3 is 2.37 bits per heavy atom. The zero-order valence-corrected chi connectivity index (χ0v) is 13.1. The molecule has 1 fully saturated rings. The number of carbonyl (C=O) groups excluding carboxylic acids is 2. The van der Waals surface area contributed by atoms with Crippen LogP contribution in [0.25, 0.3) is 0 Å². The fourth-order valence-corrected chi connectivity index (χ4v) is 2.87. The molecular weight excluding hydrogens is 306 g/mol. The maximum atomic E-state index is 12.6. The molecule has 1 aliphatic rings. The van der Waals surface area contributed by atoms with Gasteiger partial charge in [0.2, 0.25) is 11.8 Å². The molecule has 19 heavy (non-hydrogen) atoms. The lowest BCUT2D eigenvalue weighted by atomic mass is 9.81. The van der Waals surface area contributed by atoms with Crippen molar-refractivity contribution in [1.82, 2.24) is 0 Å². The van der Waals surface area contributed by atoms with E-state index in [9.17, 15) is 9.59 Å². The van der Waals surface area contributed by atoms with Gasteiger partial charge in [-0.3, -0.25) is 14.5 Å². The molecule has 0 aliphatic carbocycles.